The zero-order chi connectivity index (χ0) is 14.8. The molecule has 0 saturated heterocycles. The second-order valence-corrected chi connectivity index (χ2v) is 5.93. The van der Waals surface area contributed by atoms with Crippen LogP contribution in [0.25, 0.3) is 0 Å². The predicted molar refractivity (Wildman–Crippen MR) is 78.4 cm³/mol. The van der Waals surface area contributed by atoms with Gasteiger partial charge in [-0.1, -0.05) is 30.4 Å². The second kappa shape index (κ2) is 5.80. The Labute approximate surface area is 120 Å². The minimum absolute atomic E-state index is 0.309. The summed E-state index contributed by atoms with van der Waals surface area (Å²) in [5.74, 6) is -0.0676. The van der Waals surface area contributed by atoms with Crippen molar-refractivity contribution in [3.05, 3.63) is 48.0 Å². The standard InChI is InChI=1S/C17H22O3/c1-12(2)14-9-10-17(3,19)15(11-14)20-16(18)13-7-5-4-6-8-13/h4-8,14-15,19H,1,9-11H2,2-3H3. The highest BCUT2D eigenvalue weighted by Crippen LogP contribution is 2.37. The number of ether oxygens (including phenoxy) is 1. The molecule has 1 saturated carbocycles. The van der Waals surface area contributed by atoms with Gasteiger partial charge in [-0.05, 0) is 51.2 Å². The van der Waals surface area contributed by atoms with E-state index in [1.54, 1.807) is 31.2 Å². The Morgan fingerprint density at radius 1 is 1.40 bits per heavy atom. The maximum atomic E-state index is 12.1. The summed E-state index contributed by atoms with van der Waals surface area (Å²) >= 11 is 0. The molecule has 3 nitrogen and oxygen atoms in total. The monoisotopic (exact) mass is 274 g/mol. The van der Waals surface area contributed by atoms with E-state index in [0.29, 0.717) is 24.3 Å². The minimum atomic E-state index is -0.962. The van der Waals surface area contributed by atoms with Crippen LogP contribution in [0.1, 0.15) is 43.5 Å². The van der Waals surface area contributed by atoms with E-state index in [4.69, 9.17) is 4.74 Å². The van der Waals surface area contributed by atoms with Crippen LogP contribution in [0.2, 0.25) is 0 Å². The fourth-order valence-electron chi connectivity index (χ4n) is 2.65. The molecule has 3 heteroatoms. The zero-order valence-electron chi connectivity index (χ0n) is 12.1. The lowest BCUT2D eigenvalue weighted by Crippen LogP contribution is -2.47. The van der Waals surface area contributed by atoms with Crippen LogP contribution in [0.3, 0.4) is 0 Å². The van der Waals surface area contributed by atoms with Gasteiger partial charge in [-0.15, -0.1) is 0 Å². The molecule has 0 amide bonds. The number of rotatable bonds is 3. The number of allylic oxidation sites excluding steroid dienone is 1. The van der Waals surface area contributed by atoms with Crippen molar-refractivity contribution in [3.63, 3.8) is 0 Å². The topological polar surface area (TPSA) is 46.5 Å². The van der Waals surface area contributed by atoms with Crippen molar-refractivity contribution in [1.82, 2.24) is 0 Å². The SMILES string of the molecule is C=C(C)C1CCC(C)(O)C(OC(=O)c2ccccc2)C1. The Hall–Kier alpha value is -1.61. The highest BCUT2D eigenvalue weighted by molar-refractivity contribution is 5.89. The molecule has 1 aromatic carbocycles. The van der Waals surface area contributed by atoms with Gasteiger partial charge in [0, 0.05) is 0 Å². The summed E-state index contributed by atoms with van der Waals surface area (Å²) in [6, 6.07) is 8.88. The average molecular weight is 274 g/mol. The number of benzene rings is 1. The summed E-state index contributed by atoms with van der Waals surface area (Å²) in [7, 11) is 0. The number of carbonyl (C=O) groups excluding carboxylic acids is 1. The lowest BCUT2D eigenvalue weighted by atomic mass is 9.75. The molecule has 0 heterocycles. The minimum Gasteiger partial charge on any atom is -0.456 e. The van der Waals surface area contributed by atoms with Crippen LogP contribution < -0.4 is 0 Å². The fraction of sp³-hybridized carbons (Fsp3) is 0.471. The van der Waals surface area contributed by atoms with Gasteiger partial charge in [0.25, 0.3) is 0 Å². The van der Waals surface area contributed by atoms with Gasteiger partial charge in [-0.25, -0.2) is 4.79 Å². The third kappa shape index (κ3) is 3.28. The molecule has 1 aliphatic rings. The molecule has 3 atom stereocenters. The molecular formula is C17H22O3. The van der Waals surface area contributed by atoms with Crippen LogP contribution in [0.5, 0.6) is 0 Å². The second-order valence-electron chi connectivity index (χ2n) is 5.93. The van der Waals surface area contributed by atoms with Crippen molar-refractivity contribution in [2.75, 3.05) is 0 Å². The summed E-state index contributed by atoms with van der Waals surface area (Å²) < 4.78 is 5.54. The van der Waals surface area contributed by atoms with Gasteiger partial charge in [0.1, 0.15) is 6.10 Å². The van der Waals surface area contributed by atoms with Crippen LogP contribution in [0.15, 0.2) is 42.5 Å². The smallest absolute Gasteiger partial charge is 0.338 e. The quantitative estimate of drug-likeness (QED) is 0.679. The number of esters is 1. The predicted octanol–water partition coefficient (Wildman–Crippen LogP) is 3.34. The fourth-order valence-corrected chi connectivity index (χ4v) is 2.65. The molecule has 1 aromatic rings. The Kier molecular flexibility index (Phi) is 4.29. The van der Waals surface area contributed by atoms with Gasteiger partial charge >= 0.3 is 5.97 Å². The summed E-state index contributed by atoms with van der Waals surface area (Å²) in [5, 5.41) is 10.4. The summed E-state index contributed by atoms with van der Waals surface area (Å²) in [6.07, 6.45) is 1.67. The van der Waals surface area contributed by atoms with Crippen LogP contribution in [0, 0.1) is 5.92 Å². The van der Waals surface area contributed by atoms with E-state index >= 15 is 0 Å². The van der Waals surface area contributed by atoms with E-state index in [-0.39, 0.29) is 5.97 Å². The first-order chi connectivity index (χ1) is 9.40. The zero-order valence-corrected chi connectivity index (χ0v) is 12.1. The molecule has 1 fully saturated rings. The van der Waals surface area contributed by atoms with E-state index in [1.165, 1.54) is 0 Å². The number of hydrogen-bond donors (Lipinski definition) is 1. The van der Waals surface area contributed by atoms with Gasteiger partial charge in [0.05, 0.1) is 11.2 Å². The molecule has 0 aromatic heterocycles. The number of carbonyl (C=O) groups is 1. The van der Waals surface area contributed by atoms with E-state index < -0.39 is 11.7 Å². The van der Waals surface area contributed by atoms with E-state index in [1.807, 2.05) is 13.0 Å². The average Bonchev–Trinajstić information content (AvgIpc) is 2.41. The highest BCUT2D eigenvalue weighted by Gasteiger charge is 2.41. The Morgan fingerprint density at radius 3 is 2.65 bits per heavy atom. The molecule has 0 radical (unpaired) electrons. The van der Waals surface area contributed by atoms with Crippen molar-refractivity contribution in [2.45, 2.75) is 44.8 Å². The van der Waals surface area contributed by atoms with Crippen molar-refractivity contribution in [1.29, 1.82) is 0 Å². The Bertz CT molecular complexity index is 490. The van der Waals surface area contributed by atoms with Crippen LogP contribution >= 0.6 is 0 Å². The Morgan fingerprint density at radius 2 is 2.05 bits per heavy atom. The first kappa shape index (κ1) is 14.8. The molecule has 3 unspecified atom stereocenters. The van der Waals surface area contributed by atoms with Gasteiger partial charge in [-0.3, -0.25) is 0 Å². The van der Waals surface area contributed by atoms with Crippen molar-refractivity contribution in [2.24, 2.45) is 5.92 Å². The van der Waals surface area contributed by atoms with Crippen molar-refractivity contribution >= 4 is 5.97 Å². The normalized spacial score (nSPS) is 29.8. The molecule has 0 bridgehead atoms. The number of aliphatic hydroxyl groups is 1. The van der Waals surface area contributed by atoms with E-state index in [2.05, 4.69) is 6.58 Å². The molecule has 0 spiro atoms. The third-order valence-electron chi connectivity index (χ3n) is 4.15. The largest absolute Gasteiger partial charge is 0.456 e. The molecular weight excluding hydrogens is 252 g/mol. The van der Waals surface area contributed by atoms with Gasteiger partial charge in [-0.2, -0.15) is 0 Å². The summed E-state index contributed by atoms with van der Waals surface area (Å²) in [4.78, 5) is 12.1. The summed E-state index contributed by atoms with van der Waals surface area (Å²) in [6.45, 7) is 7.70. The lowest BCUT2D eigenvalue weighted by Gasteiger charge is -2.40. The molecule has 2 rings (SSSR count). The maximum Gasteiger partial charge on any atom is 0.338 e. The molecule has 0 aliphatic heterocycles. The van der Waals surface area contributed by atoms with Crippen molar-refractivity contribution in [3.8, 4) is 0 Å². The lowest BCUT2D eigenvalue weighted by molar-refractivity contribution is -0.104. The van der Waals surface area contributed by atoms with Crippen LogP contribution in [-0.2, 0) is 4.74 Å². The van der Waals surface area contributed by atoms with E-state index in [0.717, 1.165) is 12.0 Å². The van der Waals surface area contributed by atoms with Crippen LogP contribution in [-0.4, -0.2) is 22.8 Å². The third-order valence-corrected chi connectivity index (χ3v) is 4.15. The molecule has 1 N–H and O–H groups in total. The molecule has 108 valence electrons. The highest BCUT2D eigenvalue weighted by atomic mass is 16.6. The first-order valence-electron chi connectivity index (χ1n) is 7.04. The number of hydrogen-bond acceptors (Lipinski definition) is 3. The Balaban J connectivity index is 2.09. The van der Waals surface area contributed by atoms with Gasteiger partial charge < -0.3 is 9.84 Å². The van der Waals surface area contributed by atoms with E-state index in [9.17, 15) is 9.90 Å². The maximum absolute atomic E-state index is 12.1. The first-order valence-corrected chi connectivity index (χ1v) is 7.04. The summed E-state index contributed by atoms with van der Waals surface area (Å²) in [5.41, 5.74) is 0.637. The molecule has 1 aliphatic carbocycles. The van der Waals surface area contributed by atoms with Gasteiger partial charge in [0.2, 0.25) is 0 Å². The van der Waals surface area contributed by atoms with Gasteiger partial charge in [0.15, 0.2) is 0 Å². The van der Waals surface area contributed by atoms with Crippen molar-refractivity contribution < 1.29 is 14.6 Å². The van der Waals surface area contributed by atoms with Crippen LogP contribution in [0.4, 0.5) is 0 Å². The molecule has 20 heavy (non-hydrogen) atoms.